The summed E-state index contributed by atoms with van der Waals surface area (Å²) >= 11 is 5.89. The maximum Gasteiger partial charge on any atom is 0.166 e. The first-order valence-corrected chi connectivity index (χ1v) is 7.89. The lowest BCUT2D eigenvalue weighted by Gasteiger charge is -2.06. The highest BCUT2D eigenvalue weighted by atomic mass is 35.5. The maximum atomic E-state index is 12.6. The zero-order valence-corrected chi connectivity index (χ0v) is 12.8. The molecule has 108 valence electrons. The van der Waals surface area contributed by atoms with Crippen molar-refractivity contribution in [2.45, 2.75) is 12.3 Å². The van der Waals surface area contributed by atoms with Gasteiger partial charge in [-0.1, -0.05) is 54.1 Å². The van der Waals surface area contributed by atoms with Crippen molar-refractivity contribution in [3.05, 3.63) is 82.9 Å². The first kappa shape index (κ1) is 13.5. The summed E-state index contributed by atoms with van der Waals surface area (Å²) < 4.78 is 0. The molecule has 22 heavy (non-hydrogen) atoms. The molecule has 0 N–H and O–H groups in total. The molecule has 0 saturated heterocycles. The topological polar surface area (TPSA) is 17.1 Å². The molecule has 1 aliphatic rings. The molecular formula is C20H15ClO. The Kier molecular flexibility index (Phi) is 3.24. The molecule has 0 spiro atoms. The molecule has 0 bridgehead atoms. The number of carbonyl (C=O) groups excluding carboxylic acids is 1. The molecule has 1 saturated carbocycles. The van der Waals surface area contributed by atoms with Crippen molar-refractivity contribution in [2.24, 2.45) is 5.92 Å². The van der Waals surface area contributed by atoms with Crippen LogP contribution in [-0.2, 0) is 0 Å². The average molecular weight is 307 g/mol. The van der Waals surface area contributed by atoms with E-state index in [-0.39, 0.29) is 11.7 Å². The fourth-order valence-corrected chi connectivity index (χ4v) is 3.36. The van der Waals surface area contributed by atoms with E-state index in [1.807, 2.05) is 12.1 Å². The summed E-state index contributed by atoms with van der Waals surface area (Å²) in [6, 6.07) is 21.9. The van der Waals surface area contributed by atoms with Crippen molar-refractivity contribution in [3.8, 4) is 0 Å². The number of Topliss-reactive ketones (excluding diaryl/α,β-unsaturated/α-hetero) is 1. The number of halogens is 1. The lowest BCUT2D eigenvalue weighted by molar-refractivity contribution is 0.0965. The van der Waals surface area contributed by atoms with Crippen LogP contribution in [0, 0.1) is 5.92 Å². The number of fused-ring (bicyclic) bond motifs is 1. The molecule has 0 radical (unpaired) electrons. The average Bonchev–Trinajstić information content (AvgIpc) is 3.35. The molecule has 0 heterocycles. The quantitative estimate of drug-likeness (QED) is 0.586. The number of carbonyl (C=O) groups is 1. The highest BCUT2D eigenvalue weighted by Gasteiger charge is 2.44. The molecule has 4 rings (SSSR count). The smallest absolute Gasteiger partial charge is 0.166 e. The van der Waals surface area contributed by atoms with Crippen LogP contribution in [0.2, 0.25) is 5.02 Å². The second-order valence-electron chi connectivity index (χ2n) is 5.89. The van der Waals surface area contributed by atoms with Crippen LogP contribution < -0.4 is 0 Å². The molecule has 2 unspecified atom stereocenters. The van der Waals surface area contributed by atoms with Gasteiger partial charge in [0.15, 0.2) is 5.78 Å². The molecule has 2 atom stereocenters. The van der Waals surface area contributed by atoms with Gasteiger partial charge in [0.25, 0.3) is 0 Å². The zero-order valence-electron chi connectivity index (χ0n) is 12.0. The Balaban J connectivity index is 1.63. The van der Waals surface area contributed by atoms with E-state index in [0.29, 0.717) is 10.9 Å². The second kappa shape index (κ2) is 5.26. The van der Waals surface area contributed by atoms with E-state index in [9.17, 15) is 4.79 Å². The fourth-order valence-electron chi connectivity index (χ4n) is 3.23. The van der Waals surface area contributed by atoms with Gasteiger partial charge in [0.2, 0.25) is 0 Å². The predicted molar refractivity (Wildman–Crippen MR) is 90.6 cm³/mol. The Morgan fingerprint density at radius 1 is 0.909 bits per heavy atom. The van der Waals surface area contributed by atoms with Crippen LogP contribution in [0.15, 0.2) is 66.7 Å². The summed E-state index contributed by atoms with van der Waals surface area (Å²) in [4.78, 5) is 12.6. The molecule has 3 aromatic rings. The molecule has 1 fully saturated rings. The van der Waals surface area contributed by atoms with Crippen molar-refractivity contribution >= 4 is 28.2 Å². The van der Waals surface area contributed by atoms with Gasteiger partial charge in [0, 0.05) is 16.5 Å². The third kappa shape index (κ3) is 2.32. The van der Waals surface area contributed by atoms with Gasteiger partial charge in [-0.3, -0.25) is 4.79 Å². The first-order valence-electron chi connectivity index (χ1n) is 7.51. The van der Waals surface area contributed by atoms with Crippen LogP contribution in [0.4, 0.5) is 0 Å². The van der Waals surface area contributed by atoms with Gasteiger partial charge >= 0.3 is 0 Å². The summed E-state index contributed by atoms with van der Waals surface area (Å²) in [5.41, 5.74) is 2.06. The van der Waals surface area contributed by atoms with Crippen molar-refractivity contribution in [2.75, 3.05) is 0 Å². The van der Waals surface area contributed by atoms with Crippen LogP contribution in [-0.4, -0.2) is 5.78 Å². The molecule has 2 heteroatoms. The summed E-state index contributed by atoms with van der Waals surface area (Å²) in [6.45, 7) is 0. The van der Waals surface area contributed by atoms with E-state index < -0.39 is 0 Å². The van der Waals surface area contributed by atoms with E-state index in [1.165, 1.54) is 16.3 Å². The van der Waals surface area contributed by atoms with Gasteiger partial charge in [0.05, 0.1) is 0 Å². The first-order chi connectivity index (χ1) is 10.7. The molecule has 0 aliphatic heterocycles. The Morgan fingerprint density at radius 2 is 1.64 bits per heavy atom. The molecule has 0 amide bonds. The number of rotatable bonds is 3. The van der Waals surface area contributed by atoms with Gasteiger partial charge in [-0.2, -0.15) is 0 Å². The number of hydrogen-bond acceptors (Lipinski definition) is 1. The zero-order chi connectivity index (χ0) is 15.1. The van der Waals surface area contributed by atoms with E-state index in [4.69, 9.17) is 11.6 Å². The van der Waals surface area contributed by atoms with Crippen molar-refractivity contribution in [1.82, 2.24) is 0 Å². The largest absolute Gasteiger partial charge is 0.294 e. The lowest BCUT2D eigenvalue weighted by Crippen LogP contribution is -2.03. The lowest BCUT2D eigenvalue weighted by atomic mass is 9.98. The van der Waals surface area contributed by atoms with Crippen LogP contribution in [0.3, 0.4) is 0 Å². The Labute approximate surface area is 134 Å². The molecule has 0 aromatic heterocycles. The fraction of sp³-hybridized carbons (Fsp3) is 0.150. The van der Waals surface area contributed by atoms with Crippen LogP contribution in [0.25, 0.3) is 10.8 Å². The van der Waals surface area contributed by atoms with Gasteiger partial charge in [-0.05, 0) is 52.9 Å². The van der Waals surface area contributed by atoms with Crippen LogP contribution >= 0.6 is 11.6 Å². The second-order valence-corrected chi connectivity index (χ2v) is 6.32. The predicted octanol–water partition coefficient (Wildman–Crippen LogP) is 5.48. The number of benzene rings is 3. The summed E-state index contributed by atoms with van der Waals surface area (Å²) in [7, 11) is 0. The standard InChI is InChI=1S/C20H15ClO/c21-15-10-8-14(9-11-15)20(22)19-12-18(19)17-7-3-5-13-4-1-2-6-16(13)17/h1-11,18-19H,12H2. The maximum absolute atomic E-state index is 12.6. The van der Waals surface area contributed by atoms with Gasteiger partial charge in [-0.25, -0.2) is 0 Å². The minimum Gasteiger partial charge on any atom is -0.294 e. The van der Waals surface area contributed by atoms with Crippen molar-refractivity contribution in [3.63, 3.8) is 0 Å². The van der Waals surface area contributed by atoms with Crippen LogP contribution in [0.5, 0.6) is 0 Å². The monoisotopic (exact) mass is 306 g/mol. The SMILES string of the molecule is O=C(c1ccc(Cl)cc1)C1CC1c1cccc2ccccc12. The Morgan fingerprint density at radius 3 is 2.45 bits per heavy atom. The van der Waals surface area contributed by atoms with Gasteiger partial charge in [-0.15, -0.1) is 0 Å². The number of hydrogen-bond donors (Lipinski definition) is 0. The molecule has 1 nitrogen and oxygen atoms in total. The number of ketones is 1. The Hall–Kier alpha value is -2.12. The van der Waals surface area contributed by atoms with E-state index in [1.54, 1.807) is 12.1 Å². The molecule has 3 aromatic carbocycles. The van der Waals surface area contributed by atoms with Crippen LogP contribution in [0.1, 0.15) is 28.3 Å². The highest BCUT2D eigenvalue weighted by molar-refractivity contribution is 6.30. The minimum absolute atomic E-state index is 0.104. The van der Waals surface area contributed by atoms with E-state index >= 15 is 0 Å². The third-order valence-electron chi connectivity index (χ3n) is 4.48. The summed E-state index contributed by atoms with van der Waals surface area (Å²) in [5.74, 6) is 0.677. The summed E-state index contributed by atoms with van der Waals surface area (Å²) in [5, 5.41) is 3.17. The third-order valence-corrected chi connectivity index (χ3v) is 4.73. The summed E-state index contributed by atoms with van der Waals surface area (Å²) in [6.07, 6.45) is 0.940. The van der Waals surface area contributed by atoms with E-state index in [0.717, 1.165) is 12.0 Å². The molecule has 1 aliphatic carbocycles. The highest BCUT2D eigenvalue weighted by Crippen LogP contribution is 2.50. The normalized spacial score (nSPS) is 20.0. The molecular weight excluding hydrogens is 292 g/mol. The van der Waals surface area contributed by atoms with Gasteiger partial charge < -0.3 is 0 Å². The van der Waals surface area contributed by atoms with Crippen molar-refractivity contribution < 1.29 is 4.79 Å². The van der Waals surface area contributed by atoms with E-state index in [2.05, 4.69) is 42.5 Å². The Bertz CT molecular complexity index is 846. The minimum atomic E-state index is 0.104. The van der Waals surface area contributed by atoms with Crippen molar-refractivity contribution in [1.29, 1.82) is 0 Å². The van der Waals surface area contributed by atoms with Gasteiger partial charge in [0.1, 0.15) is 0 Å².